The van der Waals surface area contributed by atoms with E-state index in [-0.39, 0.29) is 0 Å². The van der Waals surface area contributed by atoms with Crippen molar-refractivity contribution in [2.75, 3.05) is 0 Å². The molecule has 0 N–H and O–H groups in total. The monoisotopic (exact) mass is 188 g/mol. The fourth-order valence-corrected chi connectivity index (χ4v) is 2.51. The first-order valence-corrected chi connectivity index (χ1v) is 5.91. The van der Waals surface area contributed by atoms with E-state index in [9.17, 15) is 0 Å². The molecular weight excluding hydrogens is 168 g/mol. The van der Waals surface area contributed by atoms with Gasteiger partial charge in [-0.15, -0.1) is 0 Å². The molecule has 0 radical (unpaired) electrons. The van der Waals surface area contributed by atoms with Gasteiger partial charge in [0, 0.05) is 0 Å². The quantitative estimate of drug-likeness (QED) is 0.530. The van der Waals surface area contributed by atoms with E-state index in [2.05, 4.69) is 25.2 Å². The average molecular weight is 188 g/mol. The summed E-state index contributed by atoms with van der Waals surface area (Å²) in [6, 6.07) is 0. The first-order chi connectivity index (χ1) is 6.88. The van der Waals surface area contributed by atoms with Crippen LogP contribution in [0.5, 0.6) is 0 Å². The van der Waals surface area contributed by atoms with E-state index in [0.29, 0.717) is 0 Å². The highest BCUT2D eigenvalue weighted by molar-refractivity contribution is 5.37. The van der Waals surface area contributed by atoms with E-state index in [1.54, 1.807) is 16.7 Å². The van der Waals surface area contributed by atoms with E-state index in [1.165, 1.54) is 44.9 Å². The molecule has 0 aromatic rings. The summed E-state index contributed by atoms with van der Waals surface area (Å²) in [5.41, 5.74) is 4.99. The Bertz CT molecular complexity index is 289. The normalized spacial score (nSPS) is 30.8. The van der Waals surface area contributed by atoms with Crippen LogP contribution in [-0.4, -0.2) is 0 Å². The largest absolute Gasteiger partial charge is 0.0882 e. The molecular formula is C14H20. The van der Waals surface area contributed by atoms with Gasteiger partial charge in [0.1, 0.15) is 0 Å². The summed E-state index contributed by atoms with van der Waals surface area (Å²) in [4.78, 5) is 0. The maximum Gasteiger partial charge on any atom is -0.0242 e. The summed E-state index contributed by atoms with van der Waals surface area (Å²) >= 11 is 0. The zero-order chi connectivity index (χ0) is 9.80. The second kappa shape index (κ2) is 4.63. The molecule has 2 aliphatic rings. The Morgan fingerprint density at radius 3 is 2.43 bits per heavy atom. The van der Waals surface area contributed by atoms with Crippen molar-refractivity contribution >= 4 is 0 Å². The number of hydrogen-bond acceptors (Lipinski definition) is 0. The molecule has 0 unspecified atom stereocenters. The van der Waals surface area contributed by atoms with E-state index in [0.717, 1.165) is 0 Å². The van der Waals surface area contributed by atoms with Crippen molar-refractivity contribution in [3.63, 3.8) is 0 Å². The van der Waals surface area contributed by atoms with Crippen molar-refractivity contribution in [2.24, 2.45) is 0 Å². The molecule has 0 aromatic carbocycles. The van der Waals surface area contributed by atoms with Crippen molar-refractivity contribution in [2.45, 2.75) is 51.9 Å². The van der Waals surface area contributed by atoms with E-state index >= 15 is 0 Å². The number of hydrogen-bond donors (Lipinski definition) is 0. The van der Waals surface area contributed by atoms with Gasteiger partial charge >= 0.3 is 0 Å². The summed E-state index contributed by atoms with van der Waals surface area (Å²) in [5, 5.41) is 0. The van der Waals surface area contributed by atoms with Crippen LogP contribution in [0.25, 0.3) is 0 Å². The Labute approximate surface area is 87.4 Å². The Hall–Kier alpha value is -0.780. The molecule has 0 spiro atoms. The third-order valence-electron chi connectivity index (χ3n) is 3.36. The van der Waals surface area contributed by atoms with Gasteiger partial charge in [0.2, 0.25) is 0 Å². The third kappa shape index (κ3) is 2.17. The van der Waals surface area contributed by atoms with E-state index in [1.807, 2.05) is 0 Å². The maximum absolute atomic E-state index is 2.46. The minimum Gasteiger partial charge on any atom is -0.0882 e. The second-order valence-corrected chi connectivity index (χ2v) is 4.43. The van der Waals surface area contributed by atoms with Crippen LogP contribution >= 0.6 is 0 Å². The van der Waals surface area contributed by atoms with Crippen LogP contribution in [0.4, 0.5) is 0 Å². The average Bonchev–Trinajstić information content (AvgIpc) is 2.65. The standard InChI is InChI=1S/C14H20/c1-12-8-4-2-3-5-11-14(12)13-9-6-7-10-13/h2-3,9H,4-8,10-11H2,1H3/b3-2-,14-12+. The Morgan fingerprint density at radius 2 is 1.71 bits per heavy atom. The van der Waals surface area contributed by atoms with Gasteiger partial charge in [0.05, 0.1) is 0 Å². The van der Waals surface area contributed by atoms with Crippen LogP contribution in [0.2, 0.25) is 0 Å². The molecule has 0 nitrogen and oxygen atoms in total. The van der Waals surface area contributed by atoms with Crippen LogP contribution in [0.1, 0.15) is 51.9 Å². The molecule has 0 bridgehead atoms. The van der Waals surface area contributed by atoms with Gasteiger partial charge in [-0.25, -0.2) is 0 Å². The minimum atomic E-state index is 1.24. The van der Waals surface area contributed by atoms with Gasteiger partial charge in [-0.1, -0.05) is 23.8 Å². The lowest BCUT2D eigenvalue weighted by molar-refractivity contribution is 0.843. The van der Waals surface area contributed by atoms with Crippen LogP contribution in [-0.2, 0) is 0 Å². The summed E-state index contributed by atoms with van der Waals surface area (Å²) in [5.74, 6) is 0. The highest BCUT2D eigenvalue weighted by Gasteiger charge is 2.12. The summed E-state index contributed by atoms with van der Waals surface area (Å²) in [7, 11) is 0. The summed E-state index contributed by atoms with van der Waals surface area (Å²) < 4.78 is 0. The van der Waals surface area contributed by atoms with Gasteiger partial charge in [-0.2, -0.15) is 0 Å². The predicted molar refractivity (Wildman–Crippen MR) is 62.2 cm³/mol. The fraction of sp³-hybridized carbons (Fsp3) is 0.571. The lowest BCUT2D eigenvalue weighted by Crippen LogP contribution is -1.94. The van der Waals surface area contributed by atoms with Gasteiger partial charge in [-0.05, 0) is 63.0 Å². The van der Waals surface area contributed by atoms with Crippen LogP contribution in [0.3, 0.4) is 0 Å². The molecule has 0 heterocycles. The number of allylic oxidation sites excluding steroid dienone is 6. The van der Waals surface area contributed by atoms with Crippen LogP contribution in [0, 0.1) is 0 Å². The van der Waals surface area contributed by atoms with Gasteiger partial charge in [-0.3, -0.25) is 0 Å². The molecule has 0 atom stereocenters. The second-order valence-electron chi connectivity index (χ2n) is 4.43. The lowest BCUT2D eigenvalue weighted by atomic mass is 9.92. The molecule has 0 saturated heterocycles. The van der Waals surface area contributed by atoms with E-state index < -0.39 is 0 Å². The van der Waals surface area contributed by atoms with Gasteiger partial charge in [0.15, 0.2) is 0 Å². The maximum atomic E-state index is 2.46. The molecule has 2 aliphatic carbocycles. The zero-order valence-corrected chi connectivity index (χ0v) is 9.18. The van der Waals surface area contributed by atoms with Crippen molar-refractivity contribution in [3.8, 4) is 0 Å². The highest BCUT2D eigenvalue weighted by atomic mass is 14.2. The van der Waals surface area contributed by atoms with Crippen LogP contribution < -0.4 is 0 Å². The predicted octanol–water partition coefficient (Wildman–Crippen LogP) is 4.54. The first kappa shape index (κ1) is 9.76. The zero-order valence-electron chi connectivity index (χ0n) is 9.18. The molecule has 0 saturated carbocycles. The third-order valence-corrected chi connectivity index (χ3v) is 3.36. The van der Waals surface area contributed by atoms with Crippen LogP contribution in [0.15, 0.2) is 34.9 Å². The molecule has 0 fully saturated rings. The Balaban J connectivity index is 2.16. The highest BCUT2D eigenvalue weighted by Crippen LogP contribution is 2.32. The fourth-order valence-electron chi connectivity index (χ4n) is 2.51. The molecule has 76 valence electrons. The molecule has 0 amide bonds. The minimum absolute atomic E-state index is 1.24. The smallest absolute Gasteiger partial charge is 0.0242 e. The van der Waals surface area contributed by atoms with Crippen molar-refractivity contribution in [3.05, 3.63) is 34.9 Å². The molecule has 0 aromatic heterocycles. The van der Waals surface area contributed by atoms with Crippen molar-refractivity contribution in [1.29, 1.82) is 0 Å². The Kier molecular flexibility index (Phi) is 3.23. The molecule has 0 heteroatoms. The Morgan fingerprint density at radius 1 is 0.929 bits per heavy atom. The van der Waals surface area contributed by atoms with Crippen molar-refractivity contribution in [1.82, 2.24) is 0 Å². The molecule has 2 rings (SSSR count). The van der Waals surface area contributed by atoms with E-state index in [4.69, 9.17) is 0 Å². The van der Waals surface area contributed by atoms with Crippen molar-refractivity contribution < 1.29 is 0 Å². The number of rotatable bonds is 1. The molecule has 0 aliphatic heterocycles. The van der Waals surface area contributed by atoms with Gasteiger partial charge < -0.3 is 0 Å². The lowest BCUT2D eigenvalue weighted by Gasteiger charge is -2.14. The topological polar surface area (TPSA) is 0 Å². The van der Waals surface area contributed by atoms with Gasteiger partial charge in [0.25, 0.3) is 0 Å². The summed E-state index contributed by atoms with van der Waals surface area (Å²) in [6.07, 6.45) is 16.2. The SMILES string of the molecule is C/C1=C(\C2=CCCC2)CC/C=C\CC1. The first-order valence-electron chi connectivity index (χ1n) is 5.91. The molecule has 14 heavy (non-hydrogen) atoms. The summed E-state index contributed by atoms with van der Waals surface area (Å²) in [6.45, 7) is 2.33.